The van der Waals surface area contributed by atoms with Crippen LogP contribution in [-0.4, -0.2) is 49.7 Å². The molecule has 2 aromatic rings. The lowest BCUT2D eigenvalue weighted by Crippen LogP contribution is -2.44. The van der Waals surface area contributed by atoms with Crippen molar-refractivity contribution in [2.45, 2.75) is 12.5 Å². The predicted octanol–water partition coefficient (Wildman–Crippen LogP) is 1.10. The van der Waals surface area contributed by atoms with Crippen LogP contribution in [-0.2, 0) is 18.3 Å². The number of hydrogen-bond acceptors (Lipinski definition) is 5. The van der Waals surface area contributed by atoms with E-state index in [0.717, 1.165) is 21.3 Å². The van der Waals surface area contributed by atoms with E-state index in [1.54, 1.807) is 30.3 Å². The molecule has 24 heavy (non-hydrogen) atoms. The minimum atomic E-state index is -1.20. The Labute approximate surface area is 137 Å². The third-order valence-electron chi connectivity index (χ3n) is 3.55. The number of carboxylic acids is 1. The van der Waals surface area contributed by atoms with Crippen molar-refractivity contribution >= 4 is 17.6 Å². The number of rotatable bonds is 6. The second-order valence-electron chi connectivity index (χ2n) is 5.25. The van der Waals surface area contributed by atoms with E-state index < -0.39 is 28.5 Å². The quantitative estimate of drug-likeness (QED) is 0.625. The lowest BCUT2D eigenvalue weighted by molar-refractivity contribution is -0.385. The first-order valence-electron chi connectivity index (χ1n) is 7.03. The number of likely N-dealkylation sites (N-methyl/N-ethyl adjacent to an activating group) is 1. The highest BCUT2D eigenvalue weighted by molar-refractivity contribution is 5.98. The van der Waals surface area contributed by atoms with Gasteiger partial charge < -0.3 is 10.0 Å². The van der Waals surface area contributed by atoms with Gasteiger partial charge in [0.25, 0.3) is 5.91 Å². The maximum Gasteiger partial charge on any atom is 0.326 e. The van der Waals surface area contributed by atoms with Gasteiger partial charge in [0.05, 0.1) is 4.92 Å². The van der Waals surface area contributed by atoms with Crippen molar-refractivity contribution in [3.05, 3.63) is 57.9 Å². The molecule has 0 spiro atoms. The average Bonchev–Trinajstić information content (AvgIpc) is 2.94. The molecule has 1 aromatic carbocycles. The second kappa shape index (κ2) is 6.90. The third-order valence-corrected chi connectivity index (χ3v) is 3.55. The SMILES string of the molecule is CN(C(=O)c1nn(C)cc1[N+](=O)[O-])C(Cc1ccccc1)C(=O)O. The molecule has 1 amide bonds. The van der Waals surface area contributed by atoms with Crippen LogP contribution in [0, 0.1) is 10.1 Å². The fourth-order valence-corrected chi connectivity index (χ4v) is 2.30. The standard InChI is InChI=1S/C15H16N4O5/c1-17-9-12(19(23)24)13(16-17)14(20)18(2)11(15(21)22)8-10-6-4-3-5-7-10/h3-7,9,11H,8H2,1-2H3,(H,21,22). The van der Waals surface area contributed by atoms with Crippen molar-refractivity contribution in [2.75, 3.05) is 7.05 Å². The largest absolute Gasteiger partial charge is 0.480 e. The average molecular weight is 332 g/mol. The molecule has 0 saturated heterocycles. The Morgan fingerprint density at radius 1 is 1.38 bits per heavy atom. The number of carbonyl (C=O) groups is 2. The molecule has 9 heteroatoms. The molecule has 0 radical (unpaired) electrons. The van der Waals surface area contributed by atoms with Gasteiger partial charge in [0, 0.05) is 20.5 Å². The fraction of sp³-hybridized carbons (Fsp3) is 0.267. The van der Waals surface area contributed by atoms with Gasteiger partial charge in [-0.15, -0.1) is 0 Å². The Kier molecular flexibility index (Phi) is 4.93. The summed E-state index contributed by atoms with van der Waals surface area (Å²) in [4.78, 5) is 35.3. The van der Waals surface area contributed by atoms with Gasteiger partial charge >= 0.3 is 11.7 Å². The summed E-state index contributed by atoms with van der Waals surface area (Å²) in [5.41, 5.74) is -0.109. The minimum absolute atomic E-state index is 0.0824. The Morgan fingerprint density at radius 2 is 2.00 bits per heavy atom. The number of carboxylic acid groups (broad SMARTS) is 1. The maximum absolute atomic E-state index is 12.5. The first kappa shape index (κ1) is 17.1. The number of benzene rings is 1. The number of aryl methyl sites for hydroxylation is 1. The number of aliphatic carboxylic acids is 1. The van der Waals surface area contributed by atoms with Crippen molar-refractivity contribution in [3.63, 3.8) is 0 Å². The van der Waals surface area contributed by atoms with Crippen molar-refractivity contribution in [1.29, 1.82) is 0 Å². The van der Waals surface area contributed by atoms with Crippen LogP contribution >= 0.6 is 0 Å². The van der Waals surface area contributed by atoms with Crippen molar-refractivity contribution in [3.8, 4) is 0 Å². The highest BCUT2D eigenvalue weighted by Gasteiger charge is 2.33. The van der Waals surface area contributed by atoms with E-state index in [1.807, 2.05) is 0 Å². The van der Waals surface area contributed by atoms with Crippen molar-refractivity contribution < 1.29 is 19.6 Å². The summed E-state index contributed by atoms with van der Waals surface area (Å²) in [5.74, 6) is -2.01. The number of carbonyl (C=O) groups excluding carboxylic acids is 1. The highest BCUT2D eigenvalue weighted by Crippen LogP contribution is 2.19. The van der Waals surface area contributed by atoms with Gasteiger partial charge in [-0.05, 0) is 5.56 Å². The number of nitrogens with zero attached hydrogens (tertiary/aromatic N) is 4. The highest BCUT2D eigenvalue weighted by atomic mass is 16.6. The van der Waals surface area contributed by atoms with E-state index in [9.17, 15) is 24.8 Å². The summed E-state index contributed by atoms with van der Waals surface area (Å²) >= 11 is 0. The van der Waals surface area contributed by atoms with Gasteiger partial charge in [0.2, 0.25) is 5.69 Å². The fourth-order valence-electron chi connectivity index (χ4n) is 2.30. The molecule has 1 unspecified atom stereocenters. The number of hydrogen-bond donors (Lipinski definition) is 1. The first-order valence-corrected chi connectivity index (χ1v) is 7.03. The van der Waals surface area contributed by atoms with Crippen LogP contribution in [0.4, 0.5) is 5.69 Å². The second-order valence-corrected chi connectivity index (χ2v) is 5.25. The van der Waals surface area contributed by atoms with Gasteiger partial charge in [-0.3, -0.25) is 19.6 Å². The number of amides is 1. The number of aromatic nitrogens is 2. The molecule has 0 saturated carbocycles. The Bertz CT molecular complexity index is 771. The molecule has 0 bridgehead atoms. The zero-order valence-electron chi connectivity index (χ0n) is 13.1. The van der Waals surface area contributed by atoms with E-state index in [1.165, 1.54) is 14.1 Å². The van der Waals surface area contributed by atoms with E-state index in [2.05, 4.69) is 5.10 Å². The van der Waals surface area contributed by atoms with Gasteiger partial charge in [0.1, 0.15) is 12.2 Å². The van der Waals surface area contributed by atoms with Crippen molar-refractivity contribution in [2.24, 2.45) is 7.05 Å². The molecule has 1 N–H and O–H groups in total. The van der Waals surface area contributed by atoms with Crippen LogP contribution in [0.15, 0.2) is 36.5 Å². The van der Waals surface area contributed by atoms with Gasteiger partial charge in [0.15, 0.2) is 0 Å². The number of nitro groups is 1. The van der Waals surface area contributed by atoms with Crippen molar-refractivity contribution in [1.82, 2.24) is 14.7 Å². The summed E-state index contributed by atoms with van der Waals surface area (Å²) in [5, 5.41) is 24.2. The predicted molar refractivity (Wildman–Crippen MR) is 83.5 cm³/mol. The molecule has 0 fully saturated rings. The zero-order chi connectivity index (χ0) is 17.9. The topological polar surface area (TPSA) is 119 Å². The van der Waals surface area contributed by atoms with Crippen LogP contribution < -0.4 is 0 Å². The van der Waals surface area contributed by atoms with Crippen LogP contribution in [0.5, 0.6) is 0 Å². The molecule has 1 atom stereocenters. The van der Waals surface area contributed by atoms with E-state index in [-0.39, 0.29) is 12.1 Å². The summed E-state index contributed by atoms with van der Waals surface area (Å²) in [6, 6.07) is 7.65. The third kappa shape index (κ3) is 3.57. The van der Waals surface area contributed by atoms with Gasteiger partial charge in [-0.2, -0.15) is 5.10 Å². The zero-order valence-corrected chi connectivity index (χ0v) is 13.1. The lowest BCUT2D eigenvalue weighted by Gasteiger charge is -2.24. The van der Waals surface area contributed by atoms with Crippen LogP contribution in [0.3, 0.4) is 0 Å². The molecular formula is C15H16N4O5. The smallest absolute Gasteiger partial charge is 0.326 e. The van der Waals surface area contributed by atoms with Crippen LogP contribution in [0.1, 0.15) is 16.1 Å². The minimum Gasteiger partial charge on any atom is -0.480 e. The molecule has 2 rings (SSSR count). The monoisotopic (exact) mass is 332 g/mol. The van der Waals surface area contributed by atoms with Crippen LogP contribution in [0.25, 0.3) is 0 Å². The Morgan fingerprint density at radius 3 is 2.54 bits per heavy atom. The Balaban J connectivity index is 2.30. The van der Waals surface area contributed by atoms with Gasteiger partial charge in [-0.25, -0.2) is 4.79 Å². The molecule has 0 aliphatic carbocycles. The molecule has 1 heterocycles. The Hall–Kier alpha value is -3.23. The molecule has 0 aliphatic rings. The first-order chi connectivity index (χ1) is 11.3. The molecule has 9 nitrogen and oxygen atoms in total. The molecule has 1 aromatic heterocycles. The normalized spacial score (nSPS) is 11.8. The molecular weight excluding hydrogens is 316 g/mol. The summed E-state index contributed by atoms with van der Waals surface area (Å²) in [6.07, 6.45) is 1.19. The maximum atomic E-state index is 12.5. The molecule has 0 aliphatic heterocycles. The van der Waals surface area contributed by atoms with E-state index in [0.29, 0.717) is 0 Å². The van der Waals surface area contributed by atoms with Gasteiger partial charge in [-0.1, -0.05) is 30.3 Å². The molecule has 126 valence electrons. The van der Waals surface area contributed by atoms with E-state index in [4.69, 9.17) is 0 Å². The van der Waals surface area contributed by atoms with Crippen LogP contribution in [0.2, 0.25) is 0 Å². The summed E-state index contributed by atoms with van der Waals surface area (Å²) in [7, 11) is 2.74. The summed E-state index contributed by atoms with van der Waals surface area (Å²) in [6.45, 7) is 0. The summed E-state index contributed by atoms with van der Waals surface area (Å²) < 4.78 is 1.15. The van der Waals surface area contributed by atoms with E-state index >= 15 is 0 Å². The lowest BCUT2D eigenvalue weighted by atomic mass is 10.0.